The number of pyridine rings is 1. The standard InChI is InChI=1S/C16H18N2O3/c1-16(2,3)21-15(20)18-13-6-4-5-11(9-13)12-7-8-14(19)17-10-12/h4-10H,1-3H3,(H,17,19)(H,18,20). The van der Waals surface area contributed by atoms with Gasteiger partial charge in [-0.3, -0.25) is 10.1 Å². The van der Waals surface area contributed by atoms with Crippen LogP contribution in [0, 0.1) is 0 Å². The molecule has 110 valence electrons. The van der Waals surface area contributed by atoms with Gasteiger partial charge < -0.3 is 9.72 Å². The molecule has 1 heterocycles. The highest BCUT2D eigenvalue weighted by Gasteiger charge is 2.16. The highest BCUT2D eigenvalue weighted by molar-refractivity contribution is 5.86. The van der Waals surface area contributed by atoms with E-state index in [1.165, 1.54) is 6.07 Å². The molecule has 2 N–H and O–H groups in total. The molecule has 1 aromatic carbocycles. The van der Waals surface area contributed by atoms with Crippen molar-refractivity contribution in [2.24, 2.45) is 0 Å². The summed E-state index contributed by atoms with van der Waals surface area (Å²) < 4.78 is 5.21. The third-order valence-electron chi connectivity index (χ3n) is 2.63. The van der Waals surface area contributed by atoms with Crippen LogP contribution in [0.3, 0.4) is 0 Å². The summed E-state index contributed by atoms with van der Waals surface area (Å²) in [6.07, 6.45) is 1.13. The van der Waals surface area contributed by atoms with Crippen LogP contribution in [0.1, 0.15) is 20.8 Å². The minimum absolute atomic E-state index is 0.151. The first-order valence-electron chi connectivity index (χ1n) is 6.63. The molecule has 0 bridgehead atoms. The van der Waals surface area contributed by atoms with Gasteiger partial charge in [-0.15, -0.1) is 0 Å². The topological polar surface area (TPSA) is 71.2 Å². The Hall–Kier alpha value is -2.56. The molecule has 1 aromatic heterocycles. The third kappa shape index (κ3) is 4.49. The number of nitrogens with one attached hydrogen (secondary N) is 2. The molecular formula is C16H18N2O3. The van der Waals surface area contributed by atoms with E-state index in [1.807, 2.05) is 39.0 Å². The van der Waals surface area contributed by atoms with Gasteiger partial charge in [0.15, 0.2) is 0 Å². The molecule has 5 nitrogen and oxygen atoms in total. The van der Waals surface area contributed by atoms with Crippen molar-refractivity contribution in [1.82, 2.24) is 4.98 Å². The Kier molecular flexibility index (Phi) is 4.12. The molecule has 0 aliphatic heterocycles. The predicted molar refractivity (Wildman–Crippen MR) is 82.4 cm³/mol. The lowest BCUT2D eigenvalue weighted by Gasteiger charge is -2.19. The van der Waals surface area contributed by atoms with Gasteiger partial charge in [0.25, 0.3) is 0 Å². The van der Waals surface area contributed by atoms with Crippen molar-refractivity contribution in [1.29, 1.82) is 0 Å². The molecule has 0 unspecified atom stereocenters. The number of rotatable bonds is 2. The highest BCUT2D eigenvalue weighted by atomic mass is 16.6. The van der Waals surface area contributed by atoms with E-state index in [4.69, 9.17) is 4.74 Å². The van der Waals surface area contributed by atoms with Crippen molar-refractivity contribution in [2.45, 2.75) is 26.4 Å². The number of hydrogen-bond donors (Lipinski definition) is 2. The van der Waals surface area contributed by atoms with E-state index < -0.39 is 11.7 Å². The predicted octanol–water partition coefficient (Wildman–Crippen LogP) is 3.39. The lowest BCUT2D eigenvalue weighted by atomic mass is 10.1. The van der Waals surface area contributed by atoms with Crippen LogP contribution >= 0.6 is 0 Å². The van der Waals surface area contributed by atoms with Crippen molar-refractivity contribution in [2.75, 3.05) is 5.32 Å². The number of H-pyrrole nitrogens is 1. The van der Waals surface area contributed by atoms with Gasteiger partial charge >= 0.3 is 6.09 Å². The lowest BCUT2D eigenvalue weighted by Crippen LogP contribution is -2.27. The van der Waals surface area contributed by atoms with Crippen LogP contribution in [0.15, 0.2) is 47.4 Å². The second-order valence-electron chi connectivity index (χ2n) is 5.65. The Bertz CT molecular complexity index is 679. The highest BCUT2D eigenvalue weighted by Crippen LogP contribution is 2.21. The average molecular weight is 286 g/mol. The zero-order valence-corrected chi connectivity index (χ0v) is 12.3. The van der Waals surface area contributed by atoms with Crippen molar-refractivity contribution in [3.63, 3.8) is 0 Å². The number of aromatic amines is 1. The molecule has 0 fully saturated rings. The zero-order valence-electron chi connectivity index (χ0n) is 12.3. The van der Waals surface area contributed by atoms with Crippen LogP contribution < -0.4 is 10.9 Å². The summed E-state index contributed by atoms with van der Waals surface area (Å²) in [4.78, 5) is 25.4. The van der Waals surface area contributed by atoms with Crippen LogP contribution in [0.2, 0.25) is 0 Å². The van der Waals surface area contributed by atoms with Crippen molar-refractivity contribution >= 4 is 11.8 Å². The molecule has 1 amide bonds. The van der Waals surface area contributed by atoms with Gasteiger partial charge in [-0.1, -0.05) is 12.1 Å². The fourth-order valence-corrected chi connectivity index (χ4v) is 1.79. The van der Waals surface area contributed by atoms with E-state index in [0.717, 1.165) is 11.1 Å². The van der Waals surface area contributed by atoms with Crippen molar-refractivity contribution in [3.05, 3.63) is 52.9 Å². The van der Waals surface area contributed by atoms with Gasteiger partial charge in [-0.25, -0.2) is 4.79 Å². The zero-order chi connectivity index (χ0) is 15.5. The number of hydrogen-bond acceptors (Lipinski definition) is 3. The quantitative estimate of drug-likeness (QED) is 0.889. The van der Waals surface area contributed by atoms with Crippen LogP contribution in [0.4, 0.5) is 10.5 Å². The average Bonchev–Trinajstić information content (AvgIpc) is 2.37. The van der Waals surface area contributed by atoms with Crippen molar-refractivity contribution in [3.8, 4) is 11.1 Å². The molecule has 0 saturated heterocycles. The minimum atomic E-state index is -0.541. The second kappa shape index (κ2) is 5.83. The third-order valence-corrected chi connectivity index (χ3v) is 2.63. The van der Waals surface area contributed by atoms with Gasteiger partial charge in [0.2, 0.25) is 5.56 Å². The molecule has 21 heavy (non-hydrogen) atoms. The van der Waals surface area contributed by atoms with Gasteiger partial charge in [0.05, 0.1) is 0 Å². The molecule has 0 atom stereocenters. The SMILES string of the molecule is CC(C)(C)OC(=O)Nc1cccc(-c2ccc(=O)[nH]c2)c1. The number of anilines is 1. The molecule has 0 saturated carbocycles. The van der Waals surface area contributed by atoms with E-state index in [2.05, 4.69) is 10.3 Å². The van der Waals surface area contributed by atoms with Gasteiger partial charge in [0, 0.05) is 18.0 Å². The van der Waals surface area contributed by atoms with E-state index in [0.29, 0.717) is 5.69 Å². The summed E-state index contributed by atoms with van der Waals surface area (Å²) in [7, 11) is 0. The Morgan fingerprint density at radius 2 is 1.90 bits per heavy atom. The molecular weight excluding hydrogens is 268 g/mol. The van der Waals surface area contributed by atoms with Gasteiger partial charge in [-0.2, -0.15) is 0 Å². The first-order chi connectivity index (χ1) is 9.83. The Morgan fingerprint density at radius 3 is 2.52 bits per heavy atom. The van der Waals surface area contributed by atoms with Gasteiger partial charge in [0.1, 0.15) is 5.60 Å². The Labute approximate surface area is 123 Å². The smallest absolute Gasteiger partial charge is 0.412 e. The van der Waals surface area contributed by atoms with Crippen LogP contribution in [-0.4, -0.2) is 16.7 Å². The molecule has 2 rings (SSSR count). The number of ether oxygens (including phenoxy) is 1. The normalized spacial score (nSPS) is 11.0. The summed E-state index contributed by atoms with van der Waals surface area (Å²) in [5.74, 6) is 0. The van der Waals surface area contributed by atoms with Crippen LogP contribution in [0.25, 0.3) is 11.1 Å². The minimum Gasteiger partial charge on any atom is -0.444 e. The lowest BCUT2D eigenvalue weighted by molar-refractivity contribution is 0.0636. The summed E-state index contributed by atoms with van der Waals surface area (Å²) in [5.41, 5.74) is 1.69. The number of carbonyl (C=O) groups is 1. The molecule has 0 aliphatic rings. The first kappa shape index (κ1) is 14.8. The monoisotopic (exact) mass is 286 g/mol. The molecule has 0 spiro atoms. The Balaban J connectivity index is 2.16. The number of amides is 1. The largest absolute Gasteiger partial charge is 0.444 e. The fourth-order valence-electron chi connectivity index (χ4n) is 1.79. The Morgan fingerprint density at radius 1 is 1.14 bits per heavy atom. The van der Waals surface area contributed by atoms with E-state index in [-0.39, 0.29) is 5.56 Å². The summed E-state index contributed by atoms with van der Waals surface area (Å²) in [6, 6.07) is 10.5. The summed E-state index contributed by atoms with van der Waals surface area (Å²) >= 11 is 0. The number of carbonyl (C=O) groups excluding carboxylic acids is 1. The van der Waals surface area contributed by atoms with E-state index >= 15 is 0 Å². The molecule has 5 heteroatoms. The molecule has 0 radical (unpaired) electrons. The van der Waals surface area contributed by atoms with Gasteiger partial charge in [-0.05, 0) is 50.1 Å². The van der Waals surface area contributed by atoms with Crippen LogP contribution in [0.5, 0.6) is 0 Å². The molecule has 0 aliphatic carbocycles. The van der Waals surface area contributed by atoms with E-state index in [1.54, 1.807) is 18.3 Å². The summed E-state index contributed by atoms with van der Waals surface area (Å²) in [6.45, 7) is 5.43. The first-order valence-corrected chi connectivity index (χ1v) is 6.63. The van der Waals surface area contributed by atoms with Crippen LogP contribution in [-0.2, 0) is 4.74 Å². The fraction of sp³-hybridized carbons (Fsp3) is 0.250. The molecule has 2 aromatic rings. The number of aromatic nitrogens is 1. The maximum Gasteiger partial charge on any atom is 0.412 e. The van der Waals surface area contributed by atoms with E-state index in [9.17, 15) is 9.59 Å². The van der Waals surface area contributed by atoms with Crippen molar-refractivity contribution < 1.29 is 9.53 Å². The maximum atomic E-state index is 11.7. The maximum absolute atomic E-state index is 11.7. The number of benzene rings is 1. The summed E-state index contributed by atoms with van der Waals surface area (Å²) in [5, 5.41) is 2.69. The second-order valence-corrected chi connectivity index (χ2v) is 5.65.